The Morgan fingerprint density at radius 3 is 2.78 bits per heavy atom. The number of carbonyl (C=O) groups excluding carboxylic acids is 2. The molecular formula is C21H22N2O4. The molecule has 6 heteroatoms. The van der Waals surface area contributed by atoms with Crippen molar-refractivity contribution in [3.8, 4) is 11.5 Å². The van der Waals surface area contributed by atoms with E-state index in [4.69, 9.17) is 9.47 Å². The van der Waals surface area contributed by atoms with Crippen LogP contribution in [0.15, 0.2) is 42.5 Å². The van der Waals surface area contributed by atoms with Crippen molar-refractivity contribution >= 4 is 23.2 Å². The van der Waals surface area contributed by atoms with E-state index < -0.39 is 0 Å². The standard InChI is InChI=1S/C21H22N2O4/c1-15(24)22(17-8-9-19-20(13-17)27-14-26-19)12-10-21(25)23-11-4-6-16-5-2-3-7-18(16)23/h2-3,5,7-9,13H,4,6,10-12,14H2,1H3. The molecule has 0 bridgehead atoms. The van der Waals surface area contributed by atoms with E-state index in [-0.39, 0.29) is 25.0 Å². The summed E-state index contributed by atoms with van der Waals surface area (Å²) in [5.74, 6) is 1.22. The van der Waals surface area contributed by atoms with Gasteiger partial charge in [0.05, 0.1) is 0 Å². The average Bonchev–Trinajstić information content (AvgIpc) is 3.15. The van der Waals surface area contributed by atoms with Crippen LogP contribution in [-0.4, -0.2) is 31.7 Å². The Morgan fingerprint density at radius 2 is 1.93 bits per heavy atom. The van der Waals surface area contributed by atoms with E-state index in [1.807, 2.05) is 29.2 Å². The van der Waals surface area contributed by atoms with Crippen molar-refractivity contribution in [3.05, 3.63) is 48.0 Å². The van der Waals surface area contributed by atoms with Crippen LogP contribution in [0.2, 0.25) is 0 Å². The molecule has 0 saturated carbocycles. The molecule has 0 fully saturated rings. The fraction of sp³-hybridized carbons (Fsp3) is 0.333. The normalized spacial score (nSPS) is 14.6. The van der Waals surface area contributed by atoms with Crippen LogP contribution in [0, 0.1) is 0 Å². The van der Waals surface area contributed by atoms with Crippen LogP contribution in [0.25, 0.3) is 0 Å². The molecule has 2 aliphatic rings. The Hall–Kier alpha value is -3.02. The molecule has 0 spiro atoms. The van der Waals surface area contributed by atoms with Gasteiger partial charge in [0.25, 0.3) is 0 Å². The molecule has 2 aromatic carbocycles. The van der Waals surface area contributed by atoms with Gasteiger partial charge in [-0.2, -0.15) is 0 Å². The first-order valence-corrected chi connectivity index (χ1v) is 9.19. The van der Waals surface area contributed by atoms with Crippen LogP contribution in [0.3, 0.4) is 0 Å². The van der Waals surface area contributed by atoms with Gasteiger partial charge in [-0.25, -0.2) is 0 Å². The maximum absolute atomic E-state index is 12.8. The third kappa shape index (κ3) is 3.47. The van der Waals surface area contributed by atoms with Gasteiger partial charge >= 0.3 is 0 Å². The average molecular weight is 366 g/mol. The third-order valence-corrected chi connectivity index (χ3v) is 5.01. The van der Waals surface area contributed by atoms with Crippen molar-refractivity contribution in [1.82, 2.24) is 0 Å². The van der Waals surface area contributed by atoms with E-state index in [9.17, 15) is 9.59 Å². The number of hydrogen-bond donors (Lipinski definition) is 0. The zero-order valence-corrected chi connectivity index (χ0v) is 15.3. The first-order valence-electron chi connectivity index (χ1n) is 9.19. The number of anilines is 2. The van der Waals surface area contributed by atoms with E-state index in [1.165, 1.54) is 12.5 Å². The second kappa shape index (κ2) is 7.31. The fourth-order valence-electron chi connectivity index (χ4n) is 3.66. The van der Waals surface area contributed by atoms with Gasteiger partial charge in [-0.05, 0) is 36.6 Å². The van der Waals surface area contributed by atoms with Gasteiger partial charge in [0.2, 0.25) is 18.6 Å². The van der Waals surface area contributed by atoms with Crippen LogP contribution in [0.4, 0.5) is 11.4 Å². The quantitative estimate of drug-likeness (QED) is 0.834. The first kappa shape index (κ1) is 17.4. The molecule has 0 aromatic heterocycles. The van der Waals surface area contributed by atoms with Gasteiger partial charge in [-0.1, -0.05) is 18.2 Å². The number of ether oxygens (including phenoxy) is 2. The number of benzene rings is 2. The number of carbonyl (C=O) groups is 2. The van der Waals surface area contributed by atoms with Gasteiger partial charge < -0.3 is 19.3 Å². The maximum Gasteiger partial charge on any atom is 0.231 e. The maximum atomic E-state index is 12.8. The second-order valence-electron chi connectivity index (χ2n) is 6.74. The SMILES string of the molecule is CC(=O)N(CCC(=O)N1CCCc2ccccc21)c1ccc2c(c1)OCO2. The van der Waals surface area contributed by atoms with Crippen molar-refractivity contribution in [3.63, 3.8) is 0 Å². The van der Waals surface area contributed by atoms with Gasteiger partial charge in [0.15, 0.2) is 11.5 Å². The topological polar surface area (TPSA) is 59.1 Å². The molecule has 140 valence electrons. The minimum atomic E-state index is -0.110. The Labute approximate surface area is 158 Å². The highest BCUT2D eigenvalue weighted by atomic mass is 16.7. The summed E-state index contributed by atoms with van der Waals surface area (Å²) in [5.41, 5.74) is 2.90. The second-order valence-corrected chi connectivity index (χ2v) is 6.74. The Morgan fingerprint density at radius 1 is 1.11 bits per heavy atom. The minimum Gasteiger partial charge on any atom is -0.454 e. The summed E-state index contributed by atoms with van der Waals surface area (Å²) in [6.07, 6.45) is 2.22. The van der Waals surface area contributed by atoms with Crippen molar-refractivity contribution in [2.24, 2.45) is 0 Å². The van der Waals surface area contributed by atoms with Crippen LogP contribution < -0.4 is 19.3 Å². The Balaban J connectivity index is 1.48. The summed E-state index contributed by atoms with van der Waals surface area (Å²) in [4.78, 5) is 28.5. The lowest BCUT2D eigenvalue weighted by Crippen LogP contribution is -2.38. The van der Waals surface area contributed by atoms with Crippen molar-refractivity contribution in [2.75, 3.05) is 29.7 Å². The highest BCUT2D eigenvalue weighted by molar-refractivity contribution is 5.97. The van der Waals surface area contributed by atoms with E-state index in [0.717, 1.165) is 25.1 Å². The first-order chi connectivity index (χ1) is 13.1. The van der Waals surface area contributed by atoms with E-state index in [2.05, 4.69) is 6.07 Å². The predicted octanol–water partition coefficient (Wildman–Crippen LogP) is 3.14. The summed E-state index contributed by atoms with van der Waals surface area (Å²) >= 11 is 0. The molecule has 0 atom stereocenters. The van der Waals surface area contributed by atoms with Crippen LogP contribution in [0.1, 0.15) is 25.3 Å². The zero-order chi connectivity index (χ0) is 18.8. The molecule has 27 heavy (non-hydrogen) atoms. The third-order valence-electron chi connectivity index (χ3n) is 5.01. The van der Waals surface area contributed by atoms with Gasteiger partial charge in [0.1, 0.15) is 0 Å². The van der Waals surface area contributed by atoms with Crippen LogP contribution >= 0.6 is 0 Å². The number of fused-ring (bicyclic) bond motifs is 2. The highest BCUT2D eigenvalue weighted by Gasteiger charge is 2.24. The molecule has 6 nitrogen and oxygen atoms in total. The van der Waals surface area contributed by atoms with Crippen LogP contribution in [-0.2, 0) is 16.0 Å². The van der Waals surface area contributed by atoms with Crippen molar-refractivity contribution in [2.45, 2.75) is 26.2 Å². The molecule has 2 heterocycles. The van der Waals surface area contributed by atoms with E-state index >= 15 is 0 Å². The number of aryl methyl sites for hydroxylation is 1. The summed E-state index contributed by atoms with van der Waals surface area (Å²) in [6, 6.07) is 13.4. The number of hydrogen-bond acceptors (Lipinski definition) is 4. The molecule has 2 amide bonds. The number of nitrogens with zero attached hydrogens (tertiary/aromatic N) is 2. The summed E-state index contributed by atoms with van der Waals surface area (Å²) in [6.45, 7) is 2.74. The largest absolute Gasteiger partial charge is 0.454 e. The molecule has 0 N–H and O–H groups in total. The Bertz CT molecular complexity index is 880. The molecule has 0 saturated heterocycles. The molecule has 2 aromatic rings. The van der Waals surface area contributed by atoms with Crippen molar-refractivity contribution < 1.29 is 19.1 Å². The highest BCUT2D eigenvalue weighted by Crippen LogP contribution is 2.35. The lowest BCUT2D eigenvalue weighted by atomic mass is 10.0. The number of amides is 2. The molecule has 0 radical (unpaired) electrons. The lowest BCUT2D eigenvalue weighted by molar-refractivity contribution is -0.118. The molecular weight excluding hydrogens is 344 g/mol. The van der Waals surface area contributed by atoms with Crippen molar-refractivity contribution in [1.29, 1.82) is 0 Å². The van der Waals surface area contributed by atoms with Gasteiger partial charge in [0, 0.05) is 43.9 Å². The molecule has 2 aliphatic heterocycles. The molecule has 0 unspecified atom stereocenters. The number of rotatable bonds is 4. The van der Waals surface area contributed by atoms with Gasteiger partial charge in [-0.3, -0.25) is 9.59 Å². The Kier molecular flexibility index (Phi) is 4.71. The summed E-state index contributed by atoms with van der Waals surface area (Å²) < 4.78 is 10.7. The monoisotopic (exact) mass is 366 g/mol. The molecule has 0 aliphatic carbocycles. The fourth-order valence-corrected chi connectivity index (χ4v) is 3.66. The van der Waals surface area contributed by atoms with Gasteiger partial charge in [-0.15, -0.1) is 0 Å². The lowest BCUT2D eigenvalue weighted by Gasteiger charge is -2.30. The van der Waals surface area contributed by atoms with E-state index in [0.29, 0.717) is 23.7 Å². The number of para-hydroxylation sites is 1. The summed E-state index contributed by atoms with van der Waals surface area (Å²) in [5, 5.41) is 0. The minimum absolute atomic E-state index is 0.0362. The smallest absolute Gasteiger partial charge is 0.231 e. The zero-order valence-electron chi connectivity index (χ0n) is 15.3. The van der Waals surface area contributed by atoms with E-state index in [1.54, 1.807) is 17.0 Å². The summed E-state index contributed by atoms with van der Waals surface area (Å²) in [7, 11) is 0. The predicted molar refractivity (Wildman–Crippen MR) is 102 cm³/mol. The van der Waals surface area contributed by atoms with Crippen LogP contribution in [0.5, 0.6) is 11.5 Å². The molecule has 4 rings (SSSR count).